The molecule has 19 heavy (non-hydrogen) atoms. The lowest BCUT2D eigenvalue weighted by molar-refractivity contribution is 0.101. The minimum atomic E-state index is 0.590. The fraction of sp³-hybridized carbons (Fsp3) is 1.00. The van der Waals surface area contributed by atoms with E-state index in [0.29, 0.717) is 6.10 Å². The second-order valence-electron chi connectivity index (χ2n) is 7.53. The van der Waals surface area contributed by atoms with Gasteiger partial charge in [0.15, 0.2) is 0 Å². The fourth-order valence-electron chi connectivity index (χ4n) is 5.90. The summed E-state index contributed by atoms with van der Waals surface area (Å²) in [5.41, 5.74) is 0. The normalized spacial score (nSPS) is 48.5. The van der Waals surface area contributed by atoms with Crippen molar-refractivity contribution >= 4 is 0 Å². The van der Waals surface area contributed by atoms with E-state index in [9.17, 15) is 0 Å². The molecule has 0 amide bonds. The number of rotatable bonds is 6. The number of hydrogen-bond acceptors (Lipinski definition) is 2. The van der Waals surface area contributed by atoms with Crippen molar-refractivity contribution in [2.75, 3.05) is 13.7 Å². The van der Waals surface area contributed by atoms with Gasteiger partial charge < -0.3 is 10.1 Å². The minimum absolute atomic E-state index is 0.590. The largest absolute Gasteiger partial charge is 0.378 e. The van der Waals surface area contributed by atoms with Crippen LogP contribution in [0.1, 0.15) is 51.4 Å². The van der Waals surface area contributed by atoms with Gasteiger partial charge in [0.25, 0.3) is 0 Å². The van der Waals surface area contributed by atoms with E-state index in [-0.39, 0.29) is 0 Å². The summed E-state index contributed by atoms with van der Waals surface area (Å²) in [7, 11) is 2.19. The highest BCUT2D eigenvalue weighted by molar-refractivity contribution is 5.15. The van der Waals surface area contributed by atoms with Crippen molar-refractivity contribution in [2.24, 2.45) is 29.6 Å². The SMILES string of the molecule is CNC(CCCC1CCCO1)C1C2C3CCC(C3)C21. The monoisotopic (exact) mass is 263 g/mol. The van der Waals surface area contributed by atoms with Crippen LogP contribution in [0.3, 0.4) is 0 Å². The third-order valence-electron chi connectivity index (χ3n) is 6.70. The highest BCUT2D eigenvalue weighted by atomic mass is 16.5. The molecule has 0 aromatic carbocycles. The number of fused-ring (bicyclic) bond motifs is 5. The average molecular weight is 263 g/mol. The highest BCUT2D eigenvalue weighted by Gasteiger charge is 2.66. The summed E-state index contributed by atoms with van der Waals surface area (Å²) in [5, 5.41) is 3.65. The lowest BCUT2D eigenvalue weighted by Crippen LogP contribution is -2.30. The fourth-order valence-corrected chi connectivity index (χ4v) is 5.90. The maximum atomic E-state index is 5.74. The summed E-state index contributed by atoms with van der Waals surface area (Å²) in [6, 6.07) is 0.805. The smallest absolute Gasteiger partial charge is 0.0576 e. The zero-order valence-corrected chi connectivity index (χ0v) is 12.3. The maximum absolute atomic E-state index is 5.74. The van der Waals surface area contributed by atoms with Gasteiger partial charge in [0.1, 0.15) is 0 Å². The van der Waals surface area contributed by atoms with E-state index in [0.717, 1.165) is 42.2 Å². The molecule has 6 atom stereocenters. The van der Waals surface area contributed by atoms with Crippen LogP contribution in [-0.4, -0.2) is 25.8 Å². The molecule has 2 bridgehead atoms. The van der Waals surface area contributed by atoms with E-state index in [4.69, 9.17) is 4.74 Å². The zero-order chi connectivity index (χ0) is 12.8. The van der Waals surface area contributed by atoms with Gasteiger partial charge in [-0.05, 0) is 88.0 Å². The van der Waals surface area contributed by atoms with Gasteiger partial charge in [-0.2, -0.15) is 0 Å². The van der Waals surface area contributed by atoms with E-state index in [1.807, 2.05) is 0 Å². The lowest BCUT2D eigenvalue weighted by atomic mass is 9.94. The van der Waals surface area contributed by atoms with Crippen molar-refractivity contribution in [1.82, 2.24) is 5.32 Å². The molecule has 3 saturated carbocycles. The van der Waals surface area contributed by atoms with Crippen LogP contribution in [0, 0.1) is 29.6 Å². The van der Waals surface area contributed by atoms with Gasteiger partial charge in [0.2, 0.25) is 0 Å². The van der Waals surface area contributed by atoms with Gasteiger partial charge in [-0.15, -0.1) is 0 Å². The van der Waals surface area contributed by atoms with Crippen LogP contribution in [0.25, 0.3) is 0 Å². The minimum Gasteiger partial charge on any atom is -0.378 e. The van der Waals surface area contributed by atoms with E-state index in [1.165, 1.54) is 32.1 Å². The first-order valence-corrected chi connectivity index (χ1v) is 8.67. The second-order valence-corrected chi connectivity index (χ2v) is 7.53. The van der Waals surface area contributed by atoms with Crippen LogP contribution in [0.15, 0.2) is 0 Å². The van der Waals surface area contributed by atoms with Crippen molar-refractivity contribution in [3.05, 3.63) is 0 Å². The summed E-state index contributed by atoms with van der Waals surface area (Å²) in [4.78, 5) is 0. The van der Waals surface area contributed by atoms with E-state index in [2.05, 4.69) is 12.4 Å². The van der Waals surface area contributed by atoms with Gasteiger partial charge >= 0.3 is 0 Å². The van der Waals surface area contributed by atoms with E-state index >= 15 is 0 Å². The molecule has 0 spiro atoms. The quantitative estimate of drug-likeness (QED) is 0.794. The topological polar surface area (TPSA) is 21.3 Å². The van der Waals surface area contributed by atoms with Gasteiger partial charge in [0, 0.05) is 12.6 Å². The first-order chi connectivity index (χ1) is 9.38. The average Bonchev–Trinajstić information content (AvgIpc) is 2.85. The zero-order valence-electron chi connectivity index (χ0n) is 12.3. The van der Waals surface area contributed by atoms with Crippen molar-refractivity contribution in [2.45, 2.75) is 63.5 Å². The first-order valence-electron chi connectivity index (χ1n) is 8.67. The summed E-state index contributed by atoms with van der Waals surface area (Å²) in [5.74, 6) is 5.53. The van der Waals surface area contributed by atoms with Crippen LogP contribution >= 0.6 is 0 Å². The molecule has 0 radical (unpaired) electrons. The van der Waals surface area contributed by atoms with Crippen molar-refractivity contribution < 1.29 is 4.74 Å². The molecule has 2 nitrogen and oxygen atoms in total. The predicted molar refractivity (Wildman–Crippen MR) is 77.0 cm³/mol. The van der Waals surface area contributed by atoms with Crippen molar-refractivity contribution in [1.29, 1.82) is 0 Å². The third kappa shape index (κ3) is 2.15. The molecule has 0 aromatic rings. The second kappa shape index (κ2) is 5.04. The van der Waals surface area contributed by atoms with Crippen LogP contribution in [0.5, 0.6) is 0 Å². The molecule has 4 fully saturated rings. The van der Waals surface area contributed by atoms with Crippen LogP contribution in [-0.2, 0) is 4.74 Å². The maximum Gasteiger partial charge on any atom is 0.0576 e. The third-order valence-corrected chi connectivity index (χ3v) is 6.70. The lowest BCUT2D eigenvalue weighted by Gasteiger charge is -2.20. The molecule has 4 rings (SSSR count). The number of hydrogen-bond donors (Lipinski definition) is 1. The molecular formula is C17H29NO. The Bertz CT molecular complexity index is 309. The van der Waals surface area contributed by atoms with Crippen LogP contribution < -0.4 is 5.32 Å². The highest BCUT2D eigenvalue weighted by Crippen LogP contribution is 2.70. The van der Waals surface area contributed by atoms with Crippen LogP contribution in [0.2, 0.25) is 0 Å². The summed E-state index contributed by atoms with van der Waals surface area (Å²) in [6.07, 6.45) is 11.9. The molecule has 1 saturated heterocycles. The first kappa shape index (κ1) is 12.6. The Labute approximate surface area is 117 Å². The Morgan fingerprint density at radius 3 is 2.58 bits per heavy atom. The van der Waals surface area contributed by atoms with E-state index < -0.39 is 0 Å². The summed E-state index contributed by atoms with van der Waals surface area (Å²) in [6.45, 7) is 1.01. The molecule has 1 N–H and O–H groups in total. The molecule has 3 aliphatic carbocycles. The molecule has 1 heterocycles. The van der Waals surface area contributed by atoms with Gasteiger partial charge in [-0.1, -0.05) is 0 Å². The number of nitrogens with one attached hydrogen (secondary N) is 1. The Morgan fingerprint density at radius 2 is 1.95 bits per heavy atom. The Balaban J connectivity index is 1.26. The van der Waals surface area contributed by atoms with Gasteiger partial charge in [-0.3, -0.25) is 0 Å². The molecule has 1 aliphatic heterocycles. The Morgan fingerprint density at radius 1 is 1.16 bits per heavy atom. The Hall–Kier alpha value is -0.0800. The van der Waals surface area contributed by atoms with Crippen LogP contribution in [0.4, 0.5) is 0 Å². The van der Waals surface area contributed by atoms with Crippen molar-refractivity contribution in [3.63, 3.8) is 0 Å². The molecule has 6 unspecified atom stereocenters. The molecule has 4 aliphatic rings. The summed E-state index contributed by atoms with van der Waals surface area (Å²) < 4.78 is 5.74. The van der Waals surface area contributed by atoms with Gasteiger partial charge in [-0.25, -0.2) is 0 Å². The molecule has 2 heteroatoms. The molecule has 108 valence electrons. The van der Waals surface area contributed by atoms with Gasteiger partial charge in [0.05, 0.1) is 6.10 Å². The predicted octanol–water partition coefficient (Wildman–Crippen LogP) is 3.22. The number of ether oxygens (including phenoxy) is 1. The molecular weight excluding hydrogens is 234 g/mol. The van der Waals surface area contributed by atoms with E-state index in [1.54, 1.807) is 19.3 Å². The van der Waals surface area contributed by atoms with Crippen molar-refractivity contribution in [3.8, 4) is 0 Å². The summed E-state index contributed by atoms with van der Waals surface area (Å²) >= 11 is 0. The molecule has 0 aromatic heterocycles. The Kier molecular flexibility index (Phi) is 3.35. The standard InChI is InChI=1S/C17H29NO/c1-18-14(6-2-4-13-5-3-9-19-13)17-15-11-7-8-12(10-11)16(15)17/h11-18H,2-10H2,1H3.